The molecular formula is C21H22N4O2. The number of rotatable bonds is 4. The molecule has 1 aliphatic rings. The first kappa shape index (κ1) is 17.1. The molecule has 6 nitrogen and oxygen atoms in total. The van der Waals surface area contributed by atoms with Gasteiger partial charge in [0.25, 0.3) is 0 Å². The number of fused-ring (bicyclic) bond motifs is 1. The molecule has 27 heavy (non-hydrogen) atoms. The van der Waals surface area contributed by atoms with Gasteiger partial charge in [0, 0.05) is 24.0 Å². The summed E-state index contributed by atoms with van der Waals surface area (Å²) in [5.74, 6) is 0.665. The van der Waals surface area contributed by atoms with Crippen LogP contribution in [0.2, 0.25) is 0 Å². The molecule has 0 fully saturated rings. The first-order valence-corrected chi connectivity index (χ1v) is 8.95. The van der Waals surface area contributed by atoms with Gasteiger partial charge >= 0.3 is 6.03 Å². The molecule has 1 aromatic heterocycles. The van der Waals surface area contributed by atoms with Crippen molar-refractivity contribution in [3.8, 4) is 11.4 Å². The fraction of sp³-hybridized carbons (Fsp3) is 0.238. The standard InChI is InChI=1S/C21H22N4O2/c1-14-12-25(13-22-14)19-8-7-17(11-20(19)27-2)23-21(26)24-18-9-15-5-3-4-6-16(15)10-18/h3-8,11-13,18H,9-10H2,1-2H3,(H2,23,24,26). The maximum Gasteiger partial charge on any atom is 0.319 e. The van der Waals surface area contributed by atoms with Gasteiger partial charge in [0.05, 0.1) is 24.8 Å². The van der Waals surface area contributed by atoms with Crippen molar-refractivity contribution in [3.05, 3.63) is 71.8 Å². The molecule has 1 heterocycles. The highest BCUT2D eigenvalue weighted by molar-refractivity contribution is 5.90. The topological polar surface area (TPSA) is 68.2 Å². The van der Waals surface area contributed by atoms with Crippen molar-refractivity contribution < 1.29 is 9.53 Å². The smallest absolute Gasteiger partial charge is 0.319 e. The van der Waals surface area contributed by atoms with E-state index in [1.807, 2.05) is 48.0 Å². The van der Waals surface area contributed by atoms with Crippen molar-refractivity contribution in [1.82, 2.24) is 14.9 Å². The minimum absolute atomic E-state index is 0.123. The average molecular weight is 362 g/mol. The zero-order valence-electron chi connectivity index (χ0n) is 15.4. The number of benzene rings is 2. The molecule has 0 saturated heterocycles. The van der Waals surface area contributed by atoms with Crippen LogP contribution in [0, 0.1) is 6.92 Å². The van der Waals surface area contributed by atoms with Crippen molar-refractivity contribution in [2.45, 2.75) is 25.8 Å². The molecule has 6 heteroatoms. The zero-order chi connectivity index (χ0) is 18.8. The number of aromatic nitrogens is 2. The Hall–Kier alpha value is -3.28. The van der Waals surface area contributed by atoms with E-state index in [0.717, 1.165) is 24.2 Å². The van der Waals surface area contributed by atoms with Gasteiger partial charge < -0.3 is 19.9 Å². The monoisotopic (exact) mass is 362 g/mol. The Kier molecular flexibility index (Phi) is 4.54. The molecule has 0 saturated carbocycles. The van der Waals surface area contributed by atoms with Gasteiger partial charge in [0.1, 0.15) is 5.75 Å². The Morgan fingerprint density at radius 2 is 1.93 bits per heavy atom. The number of carbonyl (C=O) groups is 1. The van der Waals surface area contributed by atoms with Gasteiger partial charge in [-0.25, -0.2) is 9.78 Å². The van der Waals surface area contributed by atoms with Crippen molar-refractivity contribution in [2.24, 2.45) is 0 Å². The van der Waals surface area contributed by atoms with E-state index in [4.69, 9.17) is 4.74 Å². The molecular weight excluding hydrogens is 340 g/mol. The maximum absolute atomic E-state index is 12.4. The van der Waals surface area contributed by atoms with Crippen LogP contribution < -0.4 is 15.4 Å². The highest BCUT2D eigenvalue weighted by Crippen LogP contribution is 2.27. The first-order chi connectivity index (χ1) is 13.1. The highest BCUT2D eigenvalue weighted by atomic mass is 16.5. The third-order valence-electron chi connectivity index (χ3n) is 4.81. The van der Waals surface area contributed by atoms with Crippen molar-refractivity contribution in [1.29, 1.82) is 0 Å². The third kappa shape index (κ3) is 3.65. The molecule has 0 unspecified atom stereocenters. The third-order valence-corrected chi connectivity index (χ3v) is 4.81. The molecule has 0 spiro atoms. The van der Waals surface area contributed by atoms with Gasteiger partial charge in [-0.1, -0.05) is 24.3 Å². The normalized spacial score (nSPS) is 13.3. The maximum atomic E-state index is 12.4. The lowest BCUT2D eigenvalue weighted by molar-refractivity contribution is 0.249. The van der Waals surface area contributed by atoms with Crippen molar-refractivity contribution >= 4 is 11.7 Å². The van der Waals surface area contributed by atoms with Gasteiger partial charge in [0.2, 0.25) is 0 Å². The van der Waals surface area contributed by atoms with Crippen LogP contribution in [0.4, 0.5) is 10.5 Å². The van der Waals surface area contributed by atoms with E-state index in [1.165, 1.54) is 11.1 Å². The fourth-order valence-corrected chi connectivity index (χ4v) is 3.54. The summed E-state index contributed by atoms with van der Waals surface area (Å²) in [6, 6.07) is 13.8. The Morgan fingerprint density at radius 3 is 2.56 bits per heavy atom. The molecule has 2 aromatic carbocycles. The summed E-state index contributed by atoms with van der Waals surface area (Å²) < 4.78 is 7.38. The molecule has 4 rings (SSSR count). The molecule has 138 valence electrons. The summed E-state index contributed by atoms with van der Waals surface area (Å²) in [5.41, 5.74) is 5.10. The Morgan fingerprint density at radius 1 is 1.19 bits per heavy atom. The highest BCUT2D eigenvalue weighted by Gasteiger charge is 2.22. The lowest BCUT2D eigenvalue weighted by atomic mass is 10.1. The second-order valence-electron chi connectivity index (χ2n) is 6.78. The van der Waals surface area contributed by atoms with Crippen LogP contribution in [0.3, 0.4) is 0 Å². The van der Waals surface area contributed by atoms with Crippen LogP contribution in [0.25, 0.3) is 5.69 Å². The van der Waals surface area contributed by atoms with Crippen LogP contribution in [0.5, 0.6) is 5.75 Å². The van der Waals surface area contributed by atoms with E-state index in [9.17, 15) is 4.79 Å². The minimum atomic E-state index is -0.207. The number of nitrogens with one attached hydrogen (secondary N) is 2. The van der Waals surface area contributed by atoms with E-state index >= 15 is 0 Å². The van der Waals surface area contributed by atoms with Gasteiger partial charge in [-0.15, -0.1) is 0 Å². The summed E-state index contributed by atoms with van der Waals surface area (Å²) in [6.07, 6.45) is 5.40. The summed E-state index contributed by atoms with van der Waals surface area (Å²) in [6.45, 7) is 1.94. The SMILES string of the molecule is COc1cc(NC(=O)NC2Cc3ccccc3C2)ccc1-n1cnc(C)c1. The Labute approximate surface area is 158 Å². The van der Waals surface area contributed by atoms with Gasteiger partial charge in [-0.05, 0) is 43.0 Å². The Balaban J connectivity index is 1.43. The number of aryl methyl sites for hydroxylation is 1. The second kappa shape index (κ2) is 7.15. The lowest BCUT2D eigenvalue weighted by Crippen LogP contribution is -2.38. The molecule has 0 radical (unpaired) electrons. The summed E-state index contributed by atoms with van der Waals surface area (Å²) in [4.78, 5) is 16.6. The largest absolute Gasteiger partial charge is 0.494 e. The number of methoxy groups -OCH3 is 1. The Bertz CT molecular complexity index is 955. The number of carbonyl (C=O) groups excluding carboxylic acids is 1. The second-order valence-corrected chi connectivity index (χ2v) is 6.78. The number of nitrogens with zero attached hydrogens (tertiary/aromatic N) is 2. The van der Waals surface area contributed by atoms with Crippen molar-refractivity contribution in [3.63, 3.8) is 0 Å². The molecule has 3 aromatic rings. The molecule has 2 N–H and O–H groups in total. The van der Waals surface area contributed by atoms with E-state index in [-0.39, 0.29) is 12.1 Å². The van der Waals surface area contributed by atoms with E-state index in [1.54, 1.807) is 13.4 Å². The van der Waals surface area contributed by atoms with Crippen LogP contribution >= 0.6 is 0 Å². The number of imidazole rings is 1. The number of hydrogen-bond donors (Lipinski definition) is 2. The van der Waals surface area contributed by atoms with E-state index in [2.05, 4.69) is 27.8 Å². The fourth-order valence-electron chi connectivity index (χ4n) is 3.54. The van der Waals surface area contributed by atoms with Crippen LogP contribution in [-0.4, -0.2) is 28.7 Å². The molecule has 1 aliphatic carbocycles. The number of hydrogen-bond acceptors (Lipinski definition) is 3. The minimum Gasteiger partial charge on any atom is -0.494 e. The lowest BCUT2D eigenvalue weighted by Gasteiger charge is -2.15. The number of anilines is 1. The molecule has 0 atom stereocenters. The van der Waals surface area contributed by atoms with E-state index in [0.29, 0.717) is 11.4 Å². The number of amides is 2. The van der Waals surface area contributed by atoms with Crippen LogP contribution in [0.1, 0.15) is 16.8 Å². The van der Waals surface area contributed by atoms with Crippen LogP contribution in [0.15, 0.2) is 55.0 Å². The molecule has 0 aliphatic heterocycles. The average Bonchev–Trinajstić information content (AvgIpc) is 3.26. The van der Waals surface area contributed by atoms with Gasteiger partial charge in [-0.3, -0.25) is 0 Å². The predicted octanol–water partition coefficient (Wildman–Crippen LogP) is 3.48. The van der Waals surface area contributed by atoms with Crippen LogP contribution in [-0.2, 0) is 12.8 Å². The zero-order valence-corrected chi connectivity index (χ0v) is 15.4. The van der Waals surface area contributed by atoms with E-state index < -0.39 is 0 Å². The summed E-state index contributed by atoms with van der Waals surface area (Å²) in [5, 5.41) is 5.95. The number of ether oxygens (including phenoxy) is 1. The van der Waals surface area contributed by atoms with Gasteiger partial charge in [-0.2, -0.15) is 0 Å². The molecule has 0 bridgehead atoms. The predicted molar refractivity (Wildman–Crippen MR) is 105 cm³/mol. The first-order valence-electron chi connectivity index (χ1n) is 8.95. The van der Waals surface area contributed by atoms with Crippen molar-refractivity contribution in [2.75, 3.05) is 12.4 Å². The summed E-state index contributed by atoms with van der Waals surface area (Å²) in [7, 11) is 1.61. The molecule has 2 amide bonds. The quantitative estimate of drug-likeness (QED) is 0.747. The number of urea groups is 1. The summed E-state index contributed by atoms with van der Waals surface area (Å²) >= 11 is 0. The van der Waals surface area contributed by atoms with Gasteiger partial charge in [0.15, 0.2) is 0 Å².